The van der Waals surface area contributed by atoms with Crippen molar-refractivity contribution in [2.45, 2.75) is 228 Å². The fraction of sp³-hybridized carbons (Fsp3) is 0.774. The number of nitrogens with zero attached hydrogens (tertiary/aromatic N) is 1. The lowest BCUT2D eigenvalue weighted by Crippen LogP contribution is -2.64. The molecule has 0 saturated carbocycles. The van der Waals surface area contributed by atoms with Crippen LogP contribution in [0.3, 0.4) is 0 Å². The standard InChI is InChI=1S/C53H93N11O13/c1-18-30(9)39(59-42(68)36(26-38(54)66)58-48(75)51(12,13)61-32(11)65)46(72)57-35(25-29(7)8)44(70)63-53(16,17)50(77)64-22-20-21-37(64)45(71)56-33(23-27(3)4)41(67)55-34(24-28(5)6)43(69)62-52(14,15)49(76)60-40(47(73)74)31(10)19-2/h27-31,33-37,39-40H,18-26H2,1-17H3,(H2,54,66)(H,55,67)(H,56,71)(H,57,72)(H,58,75)(H,59,68)(H,60,76)(H,61,65)(H,62,69)(H,63,70)(H,73,74)/t30-,31-,33-,34-,35-,36-,37-,39-,40-/m0/s1. The number of carboxylic acids is 1. The molecule has 1 fully saturated rings. The third-order valence-corrected chi connectivity index (χ3v) is 13.5. The van der Waals surface area contributed by atoms with Crippen molar-refractivity contribution in [3.8, 4) is 0 Å². The number of hydrogen-bond donors (Lipinski definition) is 11. The van der Waals surface area contributed by atoms with Crippen LogP contribution in [-0.4, -0.2) is 146 Å². The number of carbonyl (C=O) groups excluding carboxylic acids is 11. The van der Waals surface area contributed by atoms with Gasteiger partial charge in [-0.05, 0) is 103 Å². The van der Waals surface area contributed by atoms with Crippen molar-refractivity contribution < 1.29 is 62.6 Å². The van der Waals surface area contributed by atoms with Crippen molar-refractivity contribution in [1.82, 2.24) is 52.8 Å². The molecule has 12 N–H and O–H groups in total. The lowest BCUT2D eigenvalue weighted by Gasteiger charge is -2.35. The predicted octanol–water partition coefficient (Wildman–Crippen LogP) is 0.781. The van der Waals surface area contributed by atoms with Crippen molar-refractivity contribution in [2.24, 2.45) is 35.3 Å². The Morgan fingerprint density at radius 3 is 1.39 bits per heavy atom. The van der Waals surface area contributed by atoms with Gasteiger partial charge in [0.15, 0.2) is 0 Å². The van der Waals surface area contributed by atoms with E-state index in [0.29, 0.717) is 19.3 Å². The molecular formula is C53H93N11O13. The summed E-state index contributed by atoms with van der Waals surface area (Å²) in [5.74, 6) is -10.7. The van der Waals surface area contributed by atoms with Gasteiger partial charge in [-0.25, -0.2) is 4.79 Å². The first kappa shape index (κ1) is 68.7. The van der Waals surface area contributed by atoms with Crippen LogP contribution in [0.1, 0.15) is 169 Å². The summed E-state index contributed by atoms with van der Waals surface area (Å²) in [5, 5.41) is 33.4. The summed E-state index contributed by atoms with van der Waals surface area (Å²) in [4.78, 5) is 162. The normalized spacial score (nSPS) is 17.0. The van der Waals surface area contributed by atoms with Crippen molar-refractivity contribution in [2.75, 3.05) is 6.54 Å². The summed E-state index contributed by atoms with van der Waals surface area (Å²) >= 11 is 0. The van der Waals surface area contributed by atoms with Gasteiger partial charge in [0.05, 0.1) is 6.42 Å². The second-order valence-electron chi connectivity index (χ2n) is 23.5. The topological polar surface area (TPSA) is 363 Å². The van der Waals surface area contributed by atoms with Crippen LogP contribution in [0.4, 0.5) is 0 Å². The average Bonchev–Trinajstić information content (AvgIpc) is 3.79. The van der Waals surface area contributed by atoms with Gasteiger partial charge in [0.2, 0.25) is 65.0 Å². The number of nitrogens with one attached hydrogen (secondary N) is 9. The van der Waals surface area contributed by atoms with Crippen molar-refractivity contribution >= 4 is 70.9 Å². The van der Waals surface area contributed by atoms with E-state index in [0.717, 1.165) is 0 Å². The van der Waals surface area contributed by atoms with Crippen LogP contribution in [0.5, 0.6) is 0 Å². The molecule has 9 atom stereocenters. The number of primary amides is 1. The molecule has 0 aromatic heterocycles. The number of likely N-dealkylation sites (tertiary alicyclic amines) is 1. The Morgan fingerprint density at radius 1 is 0.532 bits per heavy atom. The molecule has 1 rings (SSSR count). The summed E-state index contributed by atoms with van der Waals surface area (Å²) in [7, 11) is 0. The van der Waals surface area contributed by atoms with Gasteiger partial charge >= 0.3 is 5.97 Å². The highest BCUT2D eigenvalue weighted by Crippen LogP contribution is 2.24. The Kier molecular flexibility index (Phi) is 26.7. The number of rotatable bonds is 31. The first-order valence-corrected chi connectivity index (χ1v) is 26.9. The molecule has 0 aromatic rings. The average molecular weight is 1090 g/mol. The second kappa shape index (κ2) is 30.0. The minimum absolute atomic E-state index is 0.0913. The van der Waals surface area contributed by atoms with Gasteiger partial charge < -0.3 is 63.6 Å². The molecule has 24 nitrogen and oxygen atoms in total. The number of amides is 11. The molecule has 1 saturated heterocycles. The first-order valence-electron chi connectivity index (χ1n) is 26.9. The van der Waals surface area contributed by atoms with Gasteiger partial charge in [-0.3, -0.25) is 52.7 Å². The highest BCUT2D eigenvalue weighted by atomic mass is 16.4. The van der Waals surface area contributed by atoms with Crippen LogP contribution < -0.4 is 53.6 Å². The molecule has 0 radical (unpaired) electrons. The molecular weight excluding hydrogens is 999 g/mol. The van der Waals surface area contributed by atoms with Crippen LogP contribution in [0.2, 0.25) is 0 Å². The SMILES string of the molecule is CC[C@H](C)[C@H](NC(=O)C(C)(C)NC(=O)[C@H](CC(C)C)NC(=O)[C@H](CC(C)C)NC(=O)[C@@H]1CCCN1C(=O)C(C)(C)NC(=O)[C@H](CC(C)C)NC(=O)[C@@H](NC(=O)[C@H](CC(N)=O)NC(=O)C(C)(C)NC(C)=O)[C@@H](C)CC)C(=O)O. The Labute approximate surface area is 454 Å². The minimum atomic E-state index is -1.66. The number of carboxylic acid groups (broad SMARTS) is 1. The van der Waals surface area contributed by atoms with Crippen LogP contribution in [0.15, 0.2) is 0 Å². The van der Waals surface area contributed by atoms with Crippen LogP contribution in [-0.2, 0) is 57.5 Å². The fourth-order valence-electron chi connectivity index (χ4n) is 8.66. The Bertz CT molecular complexity index is 2140. The van der Waals surface area contributed by atoms with Gasteiger partial charge in [-0.1, -0.05) is 82.1 Å². The van der Waals surface area contributed by atoms with Crippen molar-refractivity contribution in [3.63, 3.8) is 0 Å². The van der Waals surface area contributed by atoms with E-state index in [1.54, 1.807) is 27.7 Å². The molecule has 0 unspecified atom stereocenters. The molecule has 11 amide bonds. The fourth-order valence-corrected chi connectivity index (χ4v) is 8.66. The third-order valence-electron chi connectivity index (χ3n) is 13.5. The molecule has 0 aromatic carbocycles. The molecule has 77 heavy (non-hydrogen) atoms. The van der Waals surface area contributed by atoms with E-state index in [1.165, 1.54) is 53.4 Å². The van der Waals surface area contributed by atoms with Crippen molar-refractivity contribution in [1.29, 1.82) is 0 Å². The zero-order valence-corrected chi connectivity index (χ0v) is 48.7. The van der Waals surface area contributed by atoms with E-state index in [4.69, 9.17) is 5.73 Å². The number of hydrogen-bond acceptors (Lipinski definition) is 12. The Morgan fingerprint density at radius 2 is 0.948 bits per heavy atom. The highest BCUT2D eigenvalue weighted by Gasteiger charge is 2.44. The van der Waals surface area contributed by atoms with Crippen LogP contribution >= 0.6 is 0 Å². The largest absolute Gasteiger partial charge is 0.480 e. The second-order valence-corrected chi connectivity index (χ2v) is 23.5. The van der Waals surface area contributed by atoms with E-state index >= 15 is 0 Å². The monoisotopic (exact) mass is 1090 g/mol. The third kappa shape index (κ3) is 21.9. The van der Waals surface area contributed by atoms with E-state index < -0.39 is 148 Å². The van der Waals surface area contributed by atoms with Gasteiger partial charge in [0, 0.05) is 13.5 Å². The Hall–Kier alpha value is -6.36. The van der Waals surface area contributed by atoms with Gasteiger partial charge in [-0.15, -0.1) is 0 Å². The lowest BCUT2D eigenvalue weighted by atomic mass is 9.95. The maximum Gasteiger partial charge on any atom is 0.326 e. The molecule has 0 aliphatic carbocycles. The summed E-state index contributed by atoms with van der Waals surface area (Å²) in [5.41, 5.74) is 0.678. The zero-order valence-electron chi connectivity index (χ0n) is 48.7. The number of nitrogens with two attached hydrogens (primary N) is 1. The zero-order chi connectivity index (χ0) is 59.7. The highest BCUT2D eigenvalue weighted by molar-refractivity contribution is 6.01. The lowest BCUT2D eigenvalue weighted by molar-refractivity contribution is -0.146. The molecule has 1 aliphatic heterocycles. The summed E-state index contributed by atoms with van der Waals surface area (Å²) in [6.07, 6.45) is 1.20. The molecule has 0 spiro atoms. The number of carbonyl (C=O) groups is 12. The van der Waals surface area contributed by atoms with E-state index in [9.17, 15) is 62.6 Å². The van der Waals surface area contributed by atoms with Gasteiger partial charge in [0.1, 0.15) is 58.9 Å². The van der Waals surface area contributed by atoms with Crippen LogP contribution in [0.25, 0.3) is 0 Å². The summed E-state index contributed by atoms with van der Waals surface area (Å²) in [6, 6.07) is -8.67. The maximum atomic E-state index is 14.4. The predicted molar refractivity (Wildman–Crippen MR) is 287 cm³/mol. The van der Waals surface area contributed by atoms with Crippen molar-refractivity contribution in [3.05, 3.63) is 0 Å². The quantitative estimate of drug-likeness (QED) is 0.0458. The molecule has 1 heterocycles. The molecule has 0 bridgehead atoms. The smallest absolute Gasteiger partial charge is 0.326 e. The van der Waals surface area contributed by atoms with Gasteiger partial charge in [-0.2, -0.15) is 0 Å². The first-order chi connectivity index (χ1) is 35.3. The summed E-state index contributed by atoms with van der Waals surface area (Å²) < 4.78 is 0. The van der Waals surface area contributed by atoms with E-state index in [-0.39, 0.29) is 50.0 Å². The summed E-state index contributed by atoms with van der Waals surface area (Å²) in [6.45, 7) is 27.7. The molecule has 438 valence electrons. The maximum absolute atomic E-state index is 14.4. The number of aliphatic carboxylic acids is 1. The molecule has 24 heteroatoms. The minimum Gasteiger partial charge on any atom is -0.480 e. The van der Waals surface area contributed by atoms with E-state index in [1.807, 2.05) is 41.5 Å². The van der Waals surface area contributed by atoms with Gasteiger partial charge in [0.25, 0.3) is 0 Å². The molecule has 1 aliphatic rings. The van der Waals surface area contributed by atoms with Crippen LogP contribution in [0, 0.1) is 29.6 Å². The Balaban J connectivity index is 3.38. The van der Waals surface area contributed by atoms with E-state index in [2.05, 4.69) is 47.9 Å².